The van der Waals surface area contributed by atoms with Crippen LogP contribution in [0.3, 0.4) is 0 Å². The van der Waals surface area contributed by atoms with E-state index in [0.29, 0.717) is 32.1 Å². The third-order valence-corrected chi connectivity index (χ3v) is 5.61. The van der Waals surface area contributed by atoms with E-state index in [9.17, 15) is 13.6 Å². The van der Waals surface area contributed by atoms with Crippen LogP contribution in [0, 0.1) is 11.8 Å². The number of carbonyl (C=O) groups is 1. The molecule has 1 amide bonds. The van der Waals surface area contributed by atoms with Gasteiger partial charge in [-0.05, 0) is 31.6 Å². The summed E-state index contributed by atoms with van der Waals surface area (Å²) in [6.07, 6.45) is 1.71. The highest BCUT2D eigenvalue weighted by atomic mass is 19.3. The van der Waals surface area contributed by atoms with Gasteiger partial charge in [-0.1, -0.05) is 0 Å². The topological polar surface area (TPSA) is 72.3 Å². The number of hydrogen-bond acceptors (Lipinski definition) is 5. The van der Waals surface area contributed by atoms with E-state index in [0.717, 1.165) is 25.8 Å². The first-order chi connectivity index (χ1) is 12.1. The van der Waals surface area contributed by atoms with E-state index in [2.05, 4.69) is 15.4 Å². The zero-order chi connectivity index (χ0) is 17.4. The molecule has 7 nitrogen and oxygen atoms in total. The molecule has 0 bridgehead atoms. The lowest BCUT2D eigenvalue weighted by atomic mass is 9.85. The van der Waals surface area contributed by atoms with E-state index >= 15 is 0 Å². The SMILES string of the molecule is O=C([C@H]1CCOC1)N1CCC[C@H]([C@@H]2C[C@H](C(F)F)n3ncnc3N2)C1. The number of anilines is 1. The van der Waals surface area contributed by atoms with Crippen molar-refractivity contribution in [2.24, 2.45) is 11.8 Å². The summed E-state index contributed by atoms with van der Waals surface area (Å²) in [6.45, 7) is 2.49. The second kappa shape index (κ2) is 6.86. The largest absolute Gasteiger partial charge is 0.381 e. The van der Waals surface area contributed by atoms with Gasteiger partial charge < -0.3 is 15.0 Å². The molecule has 2 saturated heterocycles. The summed E-state index contributed by atoms with van der Waals surface area (Å²) < 4.78 is 33.5. The van der Waals surface area contributed by atoms with Gasteiger partial charge in [0.15, 0.2) is 0 Å². The van der Waals surface area contributed by atoms with Gasteiger partial charge in [-0.25, -0.2) is 13.5 Å². The predicted molar refractivity (Wildman–Crippen MR) is 85.3 cm³/mol. The Bertz CT molecular complexity index is 619. The van der Waals surface area contributed by atoms with Gasteiger partial charge in [0.2, 0.25) is 11.9 Å². The van der Waals surface area contributed by atoms with E-state index in [4.69, 9.17) is 4.74 Å². The average Bonchev–Trinajstić information content (AvgIpc) is 3.31. The van der Waals surface area contributed by atoms with Crippen LogP contribution >= 0.6 is 0 Å². The summed E-state index contributed by atoms with van der Waals surface area (Å²) in [5.74, 6) is 0.641. The Balaban J connectivity index is 1.45. The van der Waals surface area contributed by atoms with Crippen LogP contribution in [-0.2, 0) is 9.53 Å². The molecule has 1 aromatic heterocycles. The Morgan fingerprint density at radius 2 is 2.28 bits per heavy atom. The minimum Gasteiger partial charge on any atom is -0.381 e. The van der Waals surface area contributed by atoms with Crippen molar-refractivity contribution in [3.8, 4) is 0 Å². The van der Waals surface area contributed by atoms with Crippen LogP contribution in [0.25, 0.3) is 0 Å². The van der Waals surface area contributed by atoms with E-state index in [-0.39, 0.29) is 23.8 Å². The van der Waals surface area contributed by atoms with Gasteiger partial charge in [-0.2, -0.15) is 10.1 Å². The highest BCUT2D eigenvalue weighted by molar-refractivity contribution is 5.79. The van der Waals surface area contributed by atoms with Gasteiger partial charge in [-0.3, -0.25) is 4.79 Å². The fraction of sp³-hybridized carbons (Fsp3) is 0.812. The predicted octanol–water partition coefficient (Wildman–Crippen LogP) is 1.54. The maximum Gasteiger partial charge on any atom is 0.260 e. The highest BCUT2D eigenvalue weighted by Gasteiger charge is 2.40. The van der Waals surface area contributed by atoms with Crippen molar-refractivity contribution in [1.29, 1.82) is 0 Å². The number of amides is 1. The Labute approximate surface area is 144 Å². The Morgan fingerprint density at radius 1 is 1.40 bits per heavy atom. The van der Waals surface area contributed by atoms with Crippen molar-refractivity contribution in [2.45, 2.75) is 44.2 Å². The molecule has 0 aliphatic carbocycles. The van der Waals surface area contributed by atoms with Crippen LogP contribution in [0.1, 0.15) is 31.7 Å². The second-order valence-corrected chi connectivity index (χ2v) is 7.16. The van der Waals surface area contributed by atoms with Crippen molar-refractivity contribution >= 4 is 11.9 Å². The summed E-state index contributed by atoms with van der Waals surface area (Å²) in [6, 6.07) is -1.08. The minimum absolute atomic E-state index is 0.0463. The molecule has 4 rings (SSSR count). The van der Waals surface area contributed by atoms with Crippen molar-refractivity contribution in [1.82, 2.24) is 19.7 Å². The number of rotatable bonds is 3. The van der Waals surface area contributed by atoms with E-state index in [1.807, 2.05) is 4.90 Å². The number of carbonyl (C=O) groups excluding carboxylic acids is 1. The first-order valence-electron chi connectivity index (χ1n) is 8.94. The molecule has 25 heavy (non-hydrogen) atoms. The van der Waals surface area contributed by atoms with Crippen LogP contribution in [0.4, 0.5) is 14.7 Å². The molecule has 4 heterocycles. The normalized spacial score (nSPS) is 32.5. The van der Waals surface area contributed by atoms with Gasteiger partial charge in [0, 0.05) is 25.7 Å². The average molecular weight is 355 g/mol. The second-order valence-electron chi connectivity index (χ2n) is 7.16. The third kappa shape index (κ3) is 3.21. The highest BCUT2D eigenvalue weighted by Crippen LogP contribution is 2.35. The van der Waals surface area contributed by atoms with Gasteiger partial charge in [0.1, 0.15) is 12.4 Å². The quantitative estimate of drug-likeness (QED) is 0.891. The number of fused-ring (bicyclic) bond motifs is 1. The molecule has 0 unspecified atom stereocenters. The first-order valence-corrected chi connectivity index (χ1v) is 8.94. The number of halogens is 2. The lowest BCUT2D eigenvalue weighted by Gasteiger charge is -2.41. The fourth-order valence-corrected chi connectivity index (χ4v) is 4.23. The van der Waals surface area contributed by atoms with Crippen LogP contribution in [-0.4, -0.2) is 64.3 Å². The standard InChI is InChI=1S/C16H23F2N5O2/c17-14(18)13-6-12(21-16-19-9-20-23(13)16)10-2-1-4-22(7-10)15(24)11-3-5-25-8-11/h9-14H,1-8H2,(H,19,20,21)/t10-,11-,12-,13+/m0/s1. The third-order valence-electron chi connectivity index (χ3n) is 5.61. The molecule has 1 N–H and O–H groups in total. The lowest BCUT2D eigenvalue weighted by Crippen LogP contribution is -2.49. The number of likely N-dealkylation sites (tertiary alicyclic amines) is 1. The monoisotopic (exact) mass is 355 g/mol. The maximum absolute atomic E-state index is 13.4. The molecule has 4 atom stereocenters. The molecule has 138 valence electrons. The van der Waals surface area contributed by atoms with Crippen LogP contribution in [0.2, 0.25) is 0 Å². The number of ether oxygens (including phenoxy) is 1. The molecule has 2 fully saturated rings. The summed E-state index contributed by atoms with van der Waals surface area (Å²) in [4.78, 5) is 18.6. The minimum atomic E-state index is -2.48. The molecule has 9 heteroatoms. The number of nitrogens with zero attached hydrogens (tertiary/aromatic N) is 4. The molecule has 0 radical (unpaired) electrons. The number of aromatic nitrogens is 3. The van der Waals surface area contributed by atoms with Gasteiger partial charge in [-0.15, -0.1) is 0 Å². The van der Waals surface area contributed by atoms with E-state index in [1.54, 1.807) is 0 Å². The van der Waals surface area contributed by atoms with Gasteiger partial charge >= 0.3 is 0 Å². The van der Waals surface area contributed by atoms with Gasteiger partial charge in [0.25, 0.3) is 6.43 Å². The molecule has 1 aromatic rings. The van der Waals surface area contributed by atoms with Gasteiger partial charge in [0.05, 0.1) is 12.5 Å². The van der Waals surface area contributed by atoms with Crippen molar-refractivity contribution < 1.29 is 18.3 Å². The zero-order valence-electron chi connectivity index (χ0n) is 14.0. The van der Waals surface area contributed by atoms with Crippen LogP contribution < -0.4 is 5.32 Å². The van der Waals surface area contributed by atoms with E-state index < -0.39 is 12.5 Å². The number of piperidine rings is 1. The smallest absolute Gasteiger partial charge is 0.260 e. The summed E-state index contributed by atoms with van der Waals surface area (Å²) in [7, 11) is 0. The first kappa shape index (κ1) is 16.7. The molecular formula is C16H23F2N5O2. The van der Waals surface area contributed by atoms with Crippen LogP contribution in [0.15, 0.2) is 6.33 Å². The molecule has 3 aliphatic heterocycles. The summed E-state index contributed by atoms with van der Waals surface area (Å²) in [5.41, 5.74) is 0. The maximum atomic E-state index is 13.4. The number of nitrogens with one attached hydrogen (secondary N) is 1. The molecule has 3 aliphatic rings. The summed E-state index contributed by atoms with van der Waals surface area (Å²) >= 11 is 0. The zero-order valence-corrected chi connectivity index (χ0v) is 14.0. The molecule has 0 saturated carbocycles. The molecule has 0 spiro atoms. The molecular weight excluding hydrogens is 332 g/mol. The fourth-order valence-electron chi connectivity index (χ4n) is 4.23. The lowest BCUT2D eigenvalue weighted by molar-refractivity contribution is -0.137. The summed E-state index contributed by atoms with van der Waals surface area (Å²) in [5, 5.41) is 7.17. The van der Waals surface area contributed by atoms with Crippen molar-refractivity contribution in [3.05, 3.63) is 6.33 Å². The molecule has 0 aromatic carbocycles. The number of hydrogen-bond donors (Lipinski definition) is 1. The Morgan fingerprint density at radius 3 is 3.04 bits per heavy atom. The van der Waals surface area contributed by atoms with Crippen molar-refractivity contribution in [2.75, 3.05) is 31.6 Å². The number of alkyl halides is 2. The van der Waals surface area contributed by atoms with E-state index in [1.165, 1.54) is 11.0 Å². The van der Waals surface area contributed by atoms with Crippen LogP contribution in [0.5, 0.6) is 0 Å². The Kier molecular flexibility index (Phi) is 4.58. The van der Waals surface area contributed by atoms with Crippen molar-refractivity contribution in [3.63, 3.8) is 0 Å². The Hall–Kier alpha value is -1.77.